The van der Waals surface area contributed by atoms with Gasteiger partial charge in [0, 0.05) is 23.3 Å². The van der Waals surface area contributed by atoms with E-state index in [9.17, 15) is 4.79 Å². The molecule has 122 valence electrons. The predicted octanol–water partition coefficient (Wildman–Crippen LogP) is 5.47. The fraction of sp³-hybridized carbons (Fsp3) is 0.200. The molecule has 2 aromatic carbocycles. The Kier molecular flexibility index (Phi) is 5.49. The summed E-state index contributed by atoms with van der Waals surface area (Å²) in [6, 6.07) is 20.1. The van der Waals surface area contributed by atoms with E-state index in [-0.39, 0.29) is 5.78 Å². The number of nitrogens with zero attached hydrogens (tertiary/aromatic N) is 1. The smallest absolute Gasteiger partial charge is 0.256 e. The van der Waals surface area contributed by atoms with Crippen molar-refractivity contribution in [2.75, 3.05) is 5.75 Å². The summed E-state index contributed by atoms with van der Waals surface area (Å²) >= 11 is 1.56. The monoisotopic (exact) mass is 337 g/mol. The van der Waals surface area contributed by atoms with E-state index in [4.69, 9.17) is 4.42 Å². The van der Waals surface area contributed by atoms with Gasteiger partial charge in [-0.2, -0.15) is 0 Å². The molecular formula is C20H19NO2S. The maximum Gasteiger partial charge on any atom is 0.256 e. The number of ketones is 1. The van der Waals surface area contributed by atoms with Crippen LogP contribution in [0.5, 0.6) is 0 Å². The molecule has 24 heavy (non-hydrogen) atoms. The van der Waals surface area contributed by atoms with Crippen LogP contribution in [0.3, 0.4) is 0 Å². The number of carbonyl (C=O) groups excluding carboxylic acids is 1. The van der Waals surface area contributed by atoms with E-state index in [1.807, 2.05) is 60.7 Å². The van der Waals surface area contributed by atoms with Crippen LogP contribution < -0.4 is 0 Å². The number of Topliss-reactive ketones (excluding diaryl/α,β-unsaturated/α-hetero) is 1. The van der Waals surface area contributed by atoms with Gasteiger partial charge in [-0.05, 0) is 13.3 Å². The Bertz CT molecular complexity index is 740. The molecule has 0 aliphatic carbocycles. The third kappa shape index (κ3) is 4.15. The second kappa shape index (κ2) is 7.97. The highest BCUT2D eigenvalue weighted by Gasteiger charge is 2.16. The van der Waals surface area contributed by atoms with Gasteiger partial charge in [0.05, 0.1) is 0 Å². The molecule has 0 fully saturated rings. The van der Waals surface area contributed by atoms with Crippen LogP contribution in [0.1, 0.15) is 19.8 Å². The predicted molar refractivity (Wildman–Crippen MR) is 98.0 cm³/mol. The second-order valence-corrected chi connectivity index (χ2v) is 6.59. The summed E-state index contributed by atoms with van der Waals surface area (Å²) in [7, 11) is 0. The quantitative estimate of drug-likeness (QED) is 0.423. The number of thioether (sulfide) groups is 1. The lowest BCUT2D eigenvalue weighted by Gasteiger charge is -2.00. The van der Waals surface area contributed by atoms with Gasteiger partial charge in [0.15, 0.2) is 5.76 Å². The van der Waals surface area contributed by atoms with E-state index in [0.29, 0.717) is 11.6 Å². The van der Waals surface area contributed by atoms with Gasteiger partial charge < -0.3 is 9.21 Å². The molecule has 0 aliphatic rings. The molecule has 1 aromatic heterocycles. The fourth-order valence-electron chi connectivity index (χ4n) is 2.42. The molecule has 0 radical (unpaired) electrons. The van der Waals surface area contributed by atoms with Crippen molar-refractivity contribution in [1.82, 2.24) is 4.98 Å². The van der Waals surface area contributed by atoms with Crippen LogP contribution in [0.15, 0.2) is 70.3 Å². The molecule has 1 heterocycles. The second-order valence-electron chi connectivity index (χ2n) is 5.54. The molecule has 0 saturated heterocycles. The summed E-state index contributed by atoms with van der Waals surface area (Å²) in [5, 5.41) is 0.649. The number of rotatable bonds is 7. The van der Waals surface area contributed by atoms with Crippen LogP contribution in [0.2, 0.25) is 0 Å². The maximum atomic E-state index is 11.0. The van der Waals surface area contributed by atoms with Crippen molar-refractivity contribution in [1.29, 1.82) is 0 Å². The highest BCUT2D eigenvalue weighted by atomic mass is 32.2. The SMILES string of the molecule is CC(=O)CCCSc1nc(-c2ccccc2)c(-c2ccccc2)o1. The van der Waals surface area contributed by atoms with Gasteiger partial charge in [-0.3, -0.25) is 0 Å². The average molecular weight is 337 g/mol. The summed E-state index contributed by atoms with van der Waals surface area (Å²) in [5.74, 6) is 1.83. The number of carbonyl (C=O) groups is 1. The molecule has 0 N–H and O–H groups in total. The van der Waals surface area contributed by atoms with Crippen LogP contribution in [-0.4, -0.2) is 16.5 Å². The van der Waals surface area contributed by atoms with Crippen molar-refractivity contribution in [3.8, 4) is 22.6 Å². The fourth-order valence-corrected chi connectivity index (χ4v) is 3.18. The van der Waals surface area contributed by atoms with E-state index in [1.54, 1.807) is 18.7 Å². The minimum atomic E-state index is 0.220. The first kappa shape index (κ1) is 16.5. The number of oxazole rings is 1. The molecule has 4 heteroatoms. The van der Waals surface area contributed by atoms with E-state index >= 15 is 0 Å². The van der Waals surface area contributed by atoms with Crippen molar-refractivity contribution in [2.45, 2.75) is 25.0 Å². The largest absolute Gasteiger partial charge is 0.431 e. The number of hydrogen-bond donors (Lipinski definition) is 0. The summed E-state index contributed by atoms with van der Waals surface area (Å²) in [6.07, 6.45) is 1.44. The Balaban J connectivity index is 1.87. The number of hydrogen-bond acceptors (Lipinski definition) is 4. The Morgan fingerprint density at radius 3 is 2.25 bits per heavy atom. The molecule has 0 aliphatic heterocycles. The molecule has 3 rings (SSSR count). The van der Waals surface area contributed by atoms with Crippen molar-refractivity contribution < 1.29 is 9.21 Å². The number of aromatic nitrogens is 1. The summed E-state index contributed by atoms with van der Waals surface area (Å²) < 4.78 is 6.03. The zero-order chi connectivity index (χ0) is 16.8. The molecule has 0 spiro atoms. The van der Waals surface area contributed by atoms with E-state index in [0.717, 1.165) is 34.8 Å². The van der Waals surface area contributed by atoms with Crippen molar-refractivity contribution in [3.63, 3.8) is 0 Å². The zero-order valence-electron chi connectivity index (χ0n) is 13.6. The molecule has 3 aromatic rings. The first-order chi connectivity index (χ1) is 11.7. The lowest BCUT2D eigenvalue weighted by molar-refractivity contribution is -0.117. The highest BCUT2D eigenvalue weighted by Crippen LogP contribution is 2.35. The lowest BCUT2D eigenvalue weighted by Crippen LogP contribution is -1.90. The van der Waals surface area contributed by atoms with Crippen LogP contribution >= 0.6 is 11.8 Å². The van der Waals surface area contributed by atoms with Crippen LogP contribution in [0.25, 0.3) is 22.6 Å². The van der Waals surface area contributed by atoms with Gasteiger partial charge in [0.1, 0.15) is 11.5 Å². The zero-order valence-corrected chi connectivity index (χ0v) is 14.4. The molecule has 3 nitrogen and oxygen atoms in total. The van der Waals surface area contributed by atoms with Crippen molar-refractivity contribution >= 4 is 17.5 Å². The van der Waals surface area contributed by atoms with E-state index in [2.05, 4.69) is 4.98 Å². The van der Waals surface area contributed by atoms with Gasteiger partial charge in [-0.25, -0.2) is 4.98 Å². The Hall–Kier alpha value is -2.33. The molecular weight excluding hydrogens is 318 g/mol. The van der Waals surface area contributed by atoms with Crippen LogP contribution in [-0.2, 0) is 4.79 Å². The average Bonchev–Trinajstić information content (AvgIpc) is 3.04. The minimum absolute atomic E-state index is 0.220. The van der Waals surface area contributed by atoms with Crippen LogP contribution in [0, 0.1) is 0 Å². The lowest BCUT2D eigenvalue weighted by atomic mass is 10.1. The number of benzene rings is 2. The summed E-state index contributed by atoms with van der Waals surface area (Å²) in [4.78, 5) is 15.7. The van der Waals surface area contributed by atoms with Gasteiger partial charge in [0.2, 0.25) is 0 Å². The first-order valence-corrected chi connectivity index (χ1v) is 8.96. The normalized spacial score (nSPS) is 10.7. The molecule has 0 amide bonds. The van der Waals surface area contributed by atoms with Gasteiger partial charge in [-0.1, -0.05) is 72.4 Å². The van der Waals surface area contributed by atoms with Gasteiger partial charge in [-0.15, -0.1) is 0 Å². The minimum Gasteiger partial charge on any atom is -0.431 e. The highest BCUT2D eigenvalue weighted by molar-refractivity contribution is 7.99. The topological polar surface area (TPSA) is 43.1 Å². The van der Waals surface area contributed by atoms with E-state index in [1.165, 1.54) is 0 Å². The maximum absolute atomic E-state index is 11.0. The third-order valence-electron chi connectivity index (χ3n) is 3.59. The Labute approximate surface area is 146 Å². The Morgan fingerprint density at radius 1 is 1.00 bits per heavy atom. The molecule has 0 unspecified atom stereocenters. The first-order valence-electron chi connectivity index (χ1n) is 7.98. The Morgan fingerprint density at radius 2 is 1.62 bits per heavy atom. The molecule has 0 saturated carbocycles. The summed E-state index contributed by atoms with van der Waals surface area (Å²) in [5.41, 5.74) is 2.91. The van der Waals surface area contributed by atoms with Crippen LogP contribution in [0.4, 0.5) is 0 Å². The van der Waals surface area contributed by atoms with Crippen molar-refractivity contribution in [2.24, 2.45) is 0 Å². The summed E-state index contributed by atoms with van der Waals surface area (Å²) in [6.45, 7) is 1.62. The molecule has 0 atom stereocenters. The third-order valence-corrected chi connectivity index (χ3v) is 4.50. The van der Waals surface area contributed by atoms with Crippen molar-refractivity contribution in [3.05, 3.63) is 60.7 Å². The van der Waals surface area contributed by atoms with Gasteiger partial charge >= 0.3 is 0 Å². The van der Waals surface area contributed by atoms with E-state index < -0.39 is 0 Å². The van der Waals surface area contributed by atoms with Gasteiger partial charge in [0.25, 0.3) is 5.22 Å². The standard InChI is InChI=1S/C20H19NO2S/c1-15(22)9-8-14-24-20-21-18(16-10-4-2-5-11-16)19(23-20)17-12-6-3-7-13-17/h2-7,10-13H,8-9,14H2,1H3. The molecule has 0 bridgehead atoms.